The Kier molecular flexibility index (Phi) is 6.75. The van der Waals surface area contributed by atoms with Gasteiger partial charge >= 0.3 is 0 Å². The van der Waals surface area contributed by atoms with Gasteiger partial charge < -0.3 is 5.32 Å². The fraction of sp³-hybridized carbons (Fsp3) is 0.120. The van der Waals surface area contributed by atoms with Gasteiger partial charge in [0.05, 0.1) is 0 Å². The maximum absolute atomic E-state index is 13.4. The quantitative estimate of drug-likeness (QED) is 0.341. The zero-order valence-electron chi connectivity index (χ0n) is 16.6. The molecule has 0 saturated heterocycles. The van der Waals surface area contributed by atoms with E-state index in [1.54, 1.807) is 18.3 Å². The number of anilines is 1. The number of halogens is 2. The second kappa shape index (κ2) is 9.86. The molecule has 0 aliphatic heterocycles. The number of carbonyl (C=O) groups excluding carboxylic acids is 1. The van der Waals surface area contributed by atoms with Crippen LogP contribution in [0.2, 0.25) is 5.02 Å². The maximum atomic E-state index is 13.4. The van der Waals surface area contributed by atoms with E-state index in [0.717, 1.165) is 21.6 Å². The third-order valence-electron chi connectivity index (χ3n) is 4.99. The topological polar surface area (TPSA) is 42.0 Å². The van der Waals surface area contributed by atoms with Gasteiger partial charge in [-0.05, 0) is 34.9 Å². The largest absolute Gasteiger partial charge is 0.302 e. The first kappa shape index (κ1) is 21.2. The van der Waals surface area contributed by atoms with Crippen molar-refractivity contribution in [1.29, 1.82) is 0 Å². The standard InChI is InChI=1S/C25H20ClFN2OS/c26-23-9-5-4-8-19(23)14-21-16-28-25(31-21)29-24(30)15-22(17-6-2-1-3-7-17)18-10-12-20(27)13-11-18/h1-13,16,22H,14-15H2,(H,28,29,30). The molecule has 1 amide bonds. The van der Waals surface area contributed by atoms with E-state index in [1.807, 2.05) is 54.6 Å². The Morgan fingerprint density at radius 3 is 2.39 bits per heavy atom. The van der Waals surface area contributed by atoms with Crippen molar-refractivity contribution in [3.8, 4) is 0 Å². The van der Waals surface area contributed by atoms with E-state index < -0.39 is 0 Å². The number of rotatable bonds is 7. The van der Waals surface area contributed by atoms with Crippen molar-refractivity contribution in [2.45, 2.75) is 18.8 Å². The summed E-state index contributed by atoms with van der Waals surface area (Å²) in [5.41, 5.74) is 2.91. The number of hydrogen-bond acceptors (Lipinski definition) is 3. The molecule has 1 aromatic heterocycles. The first-order chi connectivity index (χ1) is 15.1. The van der Waals surface area contributed by atoms with Crippen molar-refractivity contribution in [2.24, 2.45) is 0 Å². The molecule has 1 unspecified atom stereocenters. The van der Waals surface area contributed by atoms with Gasteiger partial charge in [0.25, 0.3) is 0 Å². The van der Waals surface area contributed by atoms with E-state index in [-0.39, 0.29) is 24.1 Å². The first-order valence-electron chi connectivity index (χ1n) is 9.87. The summed E-state index contributed by atoms with van der Waals surface area (Å²) in [6.45, 7) is 0. The smallest absolute Gasteiger partial charge is 0.227 e. The molecule has 31 heavy (non-hydrogen) atoms. The summed E-state index contributed by atoms with van der Waals surface area (Å²) < 4.78 is 13.4. The van der Waals surface area contributed by atoms with Gasteiger partial charge in [-0.2, -0.15) is 0 Å². The first-order valence-corrected chi connectivity index (χ1v) is 11.1. The van der Waals surface area contributed by atoms with Gasteiger partial charge in [-0.3, -0.25) is 4.79 Å². The molecular formula is C25H20ClFN2OS. The van der Waals surface area contributed by atoms with E-state index in [9.17, 15) is 9.18 Å². The number of aromatic nitrogens is 1. The van der Waals surface area contributed by atoms with Crippen LogP contribution in [0.15, 0.2) is 85.1 Å². The molecule has 6 heteroatoms. The fourth-order valence-electron chi connectivity index (χ4n) is 3.44. The minimum atomic E-state index is -0.297. The molecule has 4 rings (SSSR count). The molecule has 0 aliphatic carbocycles. The molecule has 0 radical (unpaired) electrons. The van der Waals surface area contributed by atoms with Crippen molar-refractivity contribution in [3.05, 3.63) is 117 Å². The minimum absolute atomic E-state index is 0.142. The number of nitrogens with zero attached hydrogens (tertiary/aromatic N) is 1. The van der Waals surface area contributed by atoms with E-state index in [1.165, 1.54) is 23.5 Å². The molecule has 0 saturated carbocycles. The molecule has 1 heterocycles. The lowest BCUT2D eigenvalue weighted by Crippen LogP contribution is -2.16. The van der Waals surface area contributed by atoms with Crippen molar-refractivity contribution in [1.82, 2.24) is 4.98 Å². The molecule has 0 spiro atoms. The zero-order chi connectivity index (χ0) is 21.6. The summed E-state index contributed by atoms with van der Waals surface area (Å²) in [6, 6.07) is 23.7. The summed E-state index contributed by atoms with van der Waals surface area (Å²) in [4.78, 5) is 18.2. The maximum Gasteiger partial charge on any atom is 0.227 e. The van der Waals surface area contributed by atoms with Crippen molar-refractivity contribution >= 4 is 34.0 Å². The van der Waals surface area contributed by atoms with Gasteiger partial charge in [0.2, 0.25) is 5.91 Å². The summed E-state index contributed by atoms with van der Waals surface area (Å²) >= 11 is 7.67. The van der Waals surface area contributed by atoms with E-state index in [0.29, 0.717) is 16.6 Å². The number of benzene rings is 3. The average molecular weight is 451 g/mol. The van der Waals surface area contributed by atoms with Gasteiger partial charge in [0.15, 0.2) is 5.13 Å². The van der Waals surface area contributed by atoms with Gasteiger partial charge in [-0.15, -0.1) is 11.3 Å². The van der Waals surface area contributed by atoms with E-state index in [2.05, 4.69) is 10.3 Å². The highest BCUT2D eigenvalue weighted by atomic mass is 35.5. The molecule has 0 bridgehead atoms. The summed E-state index contributed by atoms with van der Waals surface area (Å²) in [7, 11) is 0. The van der Waals surface area contributed by atoms with Crippen molar-refractivity contribution < 1.29 is 9.18 Å². The molecule has 156 valence electrons. The van der Waals surface area contributed by atoms with Crippen LogP contribution in [-0.2, 0) is 11.2 Å². The van der Waals surface area contributed by atoms with Crippen LogP contribution in [-0.4, -0.2) is 10.9 Å². The van der Waals surface area contributed by atoms with Gasteiger partial charge in [0.1, 0.15) is 5.82 Å². The zero-order valence-corrected chi connectivity index (χ0v) is 18.2. The fourth-order valence-corrected chi connectivity index (χ4v) is 4.50. The second-order valence-corrected chi connectivity index (χ2v) is 8.69. The van der Waals surface area contributed by atoms with Gasteiger partial charge in [-0.25, -0.2) is 9.37 Å². The van der Waals surface area contributed by atoms with Crippen molar-refractivity contribution in [3.63, 3.8) is 0 Å². The Morgan fingerprint density at radius 1 is 0.968 bits per heavy atom. The molecule has 4 aromatic rings. The third kappa shape index (κ3) is 5.57. The Morgan fingerprint density at radius 2 is 1.65 bits per heavy atom. The van der Waals surface area contributed by atoms with Gasteiger partial charge in [-0.1, -0.05) is 72.3 Å². The molecule has 1 atom stereocenters. The predicted molar refractivity (Wildman–Crippen MR) is 124 cm³/mol. The van der Waals surface area contributed by atoms with Crippen LogP contribution >= 0.6 is 22.9 Å². The molecule has 1 N–H and O–H groups in total. The highest BCUT2D eigenvalue weighted by Gasteiger charge is 2.19. The average Bonchev–Trinajstić information content (AvgIpc) is 3.22. The monoisotopic (exact) mass is 450 g/mol. The van der Waals surface area contributed by atoms with Crippen LogP contribution in [0.3, 0.4) is 0 Å². The minimum Gasteiger partial charge on any atom is -0.302 e. The number of amides is 1. The summed E-state index contributed by atoms with van der Waals surface area (Å²) in [5.74, 6) is -0.616. The van der Waals surface area contributed by atoms with Crippen LogP contribution in [0.25, 0.3) is 0 Å². The van der Waals surface area contributed by atoms with E-state index >= 15 is 0 Å². The highest BCUT2D eigenvalue weighted by molar-refractivity contribution is 7.15. The van der Waals surface area contributed by atoms with Crippen LogP contribution in [0, 0.1) is 5.82 Å². The third-order valence-corrected chi connectivity index (χ3v) is 6.27. The Labute approximate surface area is 189 Å². The molecular weight excluding hydrogens is 431 g/mol. The van der Waals surface area contributed by atoms with Crippen molar-refractivity contribution in [2.75, 3.05) is 5.32 Å². The predicted octanol–water partition coefficient (Wildman–Crippen LogP) is 6.69. The molecule has 3 aromatic carbocycles. The summed E-state index contributed by atoms with van der Waals surface area (Å²) in [6.07, 6.45) is 2.66. The molecule has 3 nitrogen and oxygen atoms in total. The van der Waals surface area contributed by atoms with Crippen LogP contribution < -0.4 is 5.32 Å². The van der Waals surface area contributed by atoms with Crippen LogP contribution in [0.5, 0.6) is 0 Å². The Balaban J connectivity index is 1.46. The van der Waals surface area contributed by atoms with Crippen LogP contribution in [0.1, 0.15) is 33.9 Å². The second-order valence-electron chi connectivity index (χ2n) is 7.17. The summed E-state index contributed by atoms with van der Waals surface area (Å²) in [5, 5.41) is 4.17. The normalized spacial score (nSPS) is 11.8. The molecule has 0 aliphatic rings. The lowest BCUT2D eigenvalue weighted by molar-refractivity contribution is -0.116. The highest BCUT2D eigenvalue weighted by Crippen LogP contribution is 2.30. The lowest BCUT2D eigenvalue weighted by Gasteiger charge is -2.17. The number of nitrogens with one attached hydrogen (secondary N) is 1. The number of carbonyl (C=O) groups is 1. The van der Waals surface area contributed by atoms with E-state index in [4.69, 9.17) is 11.6 Å². The number of hydrogen-bond donors (Lipinski definition) is 1. The lowest BCUT2D eigenvalue weighted by atomic mass is 9.88. The van der Waals surface area contributed by atoms with Gasteiger partial charge in [0, 0.05) is 34.9 Å². The van der Waals surface area contributed by atoms with Crippen LogP contribution in [0.4, 0.5) is 9.52 Å². The molecule has 0 fully saturated rings. The SMILES string of the molecule is O=C(CC(c1ccccc1)c1ccc(F)cc1)Nc1ncc(Cc2ccccc2Cl)s1. The number of thiazole rings is 1. The Hall–Kier alpha value is -3.02. The Bertz CT molecular complexity index is 1160.